The second kappa shape index (κ2) is 8.03. The van der Waals surface area contributed by atoms with Crippen molar-refractivity contribution in [1.29, 1.82) is 0 Å². The van der Waals surface area contributed by atoms with Crippen LogP contribution in [0.25, 0.3) is 0 Å². The molecule has 0 unspecified atom stereocenters. The van der Waals surface area contributed by atoms with E-state index in [1.807, 2.05) is 16.8 Å². The normalized spacial score (nSPS) is 22.9. The standard InChI is InChI=1S/C20H29N5O3/c1-13(26)24-8-5-14(6-9-24)18-22-16-12-25(20(27)17-4-3-11-28-17)10-7-15(16)19(21-2)23-18/h14,17H,3-12H2,1-2H3,(H,21,22,23)/t17-/m1/s1. The molecule has 0 bridgehead atoms. The van der Waals surface area contributed by atoms with Crippen molar-refractivity contribution in [3.63, 3.8) is 0 Å². The second-order valence-corrected chi connectivity index (χ2v) is 7.90. The Morgan fingerprint density at radius 2 is 1.89 bits per heavy atom. The highest BCUT2D eigenvalue weighted by atomic mass is 16.5. The van der Waals surface area contributed by atoms with E-state index in [1.54, 1.807) is 6.92 Å². The number of ether oxygens (including phenoxy) is 1. The molecule has 3 aliphatic heterocycles. The number of aromatic nitrogens is 2. The summed E-state index contributed by atoms with van der Waals surface area (Å²) in [7, 11) is 1.88. The van der Waals surface area contributed by atoms with Gasteiger partial charge in [-0.15, -0.1) is 0 Å². The van der Waals surface area contributed by atoms with E-state index in [2.05, 4.69) is 5.32 Å². The number of anilines is 1. The smallest absolute Gasteiger partial charge is 0.252 e. The van der Waals surface area contributed by atoms with Gasteiger partial charge in [-0.25, -0.2) is 9.97 Å². The molecule has 0 spiro atoms. The van der Waals surface area contributed by atoms with Gasteiger partial charge < -0.3 is 19.9 Å². The fourth-order valence-corrected chi connectivity index (χ4v) is 4.46. The molecule has 152 valence electrons. The van der Waals surface area contributed by atoms with Gasteiger partial charge in [-0.2, -0.15) is 0 Å². The third-order valence-corrected chi connectivity index (χ3v) is 6.14. The van der Waals surface area contributed by atoms with Gasteiger partial charge in [0, 0.05) is 51.7 Å². The zero-order valence-corrected chi connectivity index (χ0v) is 16.7. The van der Waals surface area contributed by atoms with Gasteiger partial charge in [0.15, 0.2) is 0 Å². The molecule has 3 aliphatic rings. The molecule has 1 atom stereocenters. The highest BCUT2D eigenvalue weighted by Gasteiger charge is 2.33. The maximum atomic E-state index is 12.8. The van der Waals surface area contributed by atoms with Crippen LogP contribution in [0.1, 0.15) is 55.6 Å². The van der Waals surface area contributed by atoms with Crippen molar-refractivity contribution in [2.24, 2.45) is 0 Å². The molecule has 0 radical (unpaired) electrons. The SMILES string of the molecule is CNc1nc(C2CCN(C(C)=O)CC2)nc2c1CCN(C(=O)[C@H]1CCCO1)C2. The molecule has 2 saturated heterocycles. The number of nitrogens with one attached hydrogen (secondary N) is 1. The summed E-state index contributed by atoms with van der Waals surface area (Å²) < 4.78 is 5.58. The minimum atomic E-state index is -0.289. The Kier molecular flexibility index (Phi) is 5.48. The molecule has 1 aromatic heterocycles. The van der Waals surface area contributed by atoms with Crippen LogP contribution in [-0.2, 0) is 27.3 Å². The number of amides is 2. The second-order valence-electron chi connectivity index (χ2n) is 7.90. The number of carbonyl (C=O) groups excluding carboxylic acids is 2. The summed E-state index contributed by atoms with van der Waals surface area (Å²) in [6.07, 6.45) is 3.99. The van der Waals surface area contributed by atoms with Gasteiger partial charge >= 0.3 is 0 Å². The number of nitrogens with zero attached hydrogens (tertiary/aromatic N) is 4. The predicted molar refractivity (Wildman–Crippen MR) is 104 cm³/mol. The first-order valence-electron chi connectivity index (χ1n) is 10.3. The Balaban J connectivity index is 1.53. The first-order valence-corrected chi connectivity index (χ1v) is 10.3. The molecule has 0 saturated carbocycles. The Morgan fingerprint density at radius 1 is 1.11 bits per heavy atom. The third kappa shape index (κ3) is 3.70. The van der Waals surface area contributed by atoms with Crippen LogP contribution in [0.4, 0.5) is 5.82 Å². The van der Waals surface area contributed by atoms with Crippen LogP contribution >= 0.6 is 0 Å². The van der Waals surface area contributed by atoms with Gasteiger partial charge in [-0.05, 0) is 32.1 Å². The van der Waals surface area contributed by atoms with E-state index >= 15 is 0 Å². The maximum absolute atomic E-state index is 12.8. The van der Waals surface area contributed by atoms with E-state index in [0.717, 1.165) is 68.1 Å². The lowest BCUT2D eigenvalue weighted by Crippen LogP contribution is -2.42. The number of piperidine rings is 1. The molecule has 1 N–H and O–H groups in total. The highest BCUT2D eigenvalue weighted by Crippen LogP contribution is 2.31. The summed E-state index contributed by atoms with van der Waals surface area (Å²) in [4.78, 5) is 37.8. The van der Waals surface area contributed by atoms with Gasteiger partial charge in [-0.1, -0.05) is 0 Å². The summed E-state index contributed by atoms with van der Waals surface area (Å²) in [6.45, 7) is 4.99. The lowest BCUT2D eigenvalue weighted by atomic mass is 9.95. The van der Waals surface area contributed by atoms with Crippen LogP contribution < -0.4 is 5.32 Å². The van der Waals surface area contributed by atoms with Crippen molar-refractivity contribution in [3.05, 3.63) is 17.1 Å². The summed E-state index contributed by atoms with van der Waals surface area (Å²) in [5, 5.41) is 3.22. The Bertz CT molecular complexity index is 754. The summed E-state index contributed by atoms with van der Waals surface area (Å²) in [6, 6.07) is 0. The molecule has 4 rings (SSSR count). The van der Waals surface area contributed by atoms with Crippen LogP contribution in [0.2, 0.25) is 0 Å². The Hall–Kier alpha value is -2.22. The monoisotopic (exact) mass is 387 g/mol. The fourth-order valence-electron chi connectivity index (χ4n) is 4.46. The van der Waals surface area contributed by atoms with Crippen molar-refractivity contribution < 1.29 is 14.3 Å². The molecule has 0 aromatic carbocycles. The van der Waals surface area contributed by atoms with Gasteiger partial charge in [0.1, 0.15) is 17.7 Å². The lowest BCUT2D eigenvalue weighted by Gasteiger charge is -2.33. The molecule has 8 heteroatoms. The molecular weight excluding hydrogens is 358 g/mol. The predicted octanol–water partition coefficient (Wildman–Crippen LogP) is 1.31. The average Bonchev–Trinajstić information content (AvgIpc) is 3.26. The molecule has 8 nitrogen and oxygen atoms in total. The Labute approximate surface area is 165 Å². The minimum Gasteiger partial charge on any atom is -0.373 e. The van der Waals surface area contributed by atoms with Crippen LogP contribution in [0, 0.1) is 0 Å². The number of rotatable bonds is 3. The van der Waals surface area contributed by atoms with Crippen LogP contribution in [0.15, 0.2) is 0 Å². The van der Waals surface area contributed by atoms with E-state index < -0.39 is 0 Å². The fraction of sp³-hybridized carbons (Fsp3) is 0.700. The first kappa shape index (κ1) is 19.1. The van der Waals surface area contributed by atoms with Gasteiger partial charge in [0.05, 0.1) is 12.2 Å². The summed E-state index contributed by atoms with van der Waals surface area (Å²) >= 11 is 0. The van der Waals surface area contributed by atoms with Gasteiger partial charge in [-0.3, -0.25) is 9.59 Å². The molecule has 2 fully saturated rings. The van der Waals surface area contributed by atoms with E-state index in [1.165, 1.54) is 0 Å². The van der Waals surface area contributed by atoms with Crippen LogP contribution in [0.3, 0.4) is 0 Å². The number of hydrogen-bond acceptors (Lipinski definition) is 6. The van der Waals surface area contributed by atoms with Crippen molar-refractivity contribution >= 4 is 17.6 Å². The summed E-state index contributed by atoms with van der Waals surface area (Å²) in [5.41, 5.74) is 2.06. The Morgan fingerprint density at radius 3 is 2.54 bits per heavy atom. The topological polar surface area (TPSA) is 87.7 Å². The van der Waals surface area contributed by atoms with Gasteiger partial charge in [0.25, 0.3) is 5.91 Å². The van der Waals surface area contributed by atoms with Crippen LogP contribution in [-0.4, -0.2) is 71.0 Å². The van der Waals surface area contributed by atoms with E-state index in [0.29, 0.717) is 19.7 Å². The zero-order valence-electron chi connectivity index (χ0n) is 16.7. The zero-order chi connectivity index (χ0) is 19.7. The molecule has 1 aromatic rings. The van der Waals surface area contributed by atoms with E-state index in [4.69, 9.17) is 14.7 Å². The largest absolute Gasteiger partial charge is 0.373 e. The van der Waals surface area contributed by atoms with Crippen molar-refractivity contribution in [3.8, 4) is 0 Å². The lowest BCUT2D eigenvalue weighted by molar-refractivity contribution is -0.142. The van der Waals surface area contributed by atoms with Gasteiger partial charge in [0.2, 0.25) is 5.91 Å². The minimum absolute atomic E-state index is 0.0871. The number of fused-ring (bicyclic) bond motifs is 1. The van der Waals surface area contributed by atoms with Crippen molar-refractivity contribution in [2.45, 2.75) is 57.6 Å². The number of carbonyl (C=O) groups is 2. The molecular formula is C20H29N5O3. The number of likely N-dealkylation sites (tertiary alicyclic amines) is 1. The molecule has 0 aliphatic carbocycles. The maximum Gasteiger partial charge on any atom is 0.252 e. The average molecular weight is 387 g/mol. The van der Waals surface area contributed by atoms with Crippen molar-refractivity contribution in [1.82, 2.24) is 19.8 Å². The highest BCUT2D eigenvalue weighted by molar-refractivity contribution is 5.81. The van der Waals surface area contributed by atoms with E-state index in [9.17, 15) is 9.59 Å². The first-order chi connectivity index (χ1) is 13.6. The van der Waals surface area contributed by atoms with E-state index in [-0.39, 0.29) is 23.8 Å². The molecule has 28 heavy (non-hydrogen) atoms. The quantitative estimate of drug-likeness (QED) is 0.841. The third-order valence-electron chi connectivity index (χ3n) is 6.14. The van der Waals surface area contributed by atoms with Crippen molar-refractivity contribution in [2.75, 3.05) is 38.6 Å². The van der Waals surface area contributed by atoms with Crippen LogP contribution in [0.5, 0.6) is 0 Å². The summed E-state index contributed by atoms with van der Waals surface area (Å²) in [5.74, 6) is 2.17. The molecule has 2 amide bonds. The molecule has 4 heterocycles. The number of hydrogen-bond donors (Lipinski definition) is 1.